The van der Waals surface area contributed by atoms with Gasteiger partial charge in [0.25, 0.3) is 0 Å². The highest BCUT2D eigenvalue weighted by Gasteiger charge is 2.21. The maximum atomic E-state index is 6.43. The van der Waals surface area contributed by atoms with Crippen LogP contribution in [0.3, 0.4) is 0 Å². The van der Waals surface area contributed by atoms with Crippen molar-refractivity contribution in [3.63, 3.8) is 0 Å². The van der Waals surface area contributed by atoms with Crippen molar-refractivity contribution < 1.29 is 8.83 Å². The van der Waals surface area contributed by atoms with Gasteiger partial charge in [-0.2, -0.15) is 0 Å². The van der Waals surface area contributed by atoms with E-state index in [1.165, 1.54) is 22.1 Å². The van der Waals surface area contributed by atoms with Gasteiger partial charge in [0.2, 0.25) is 0 Å². The Bertz CT molecular complexity index is 3520. The number of nitrogens with zero attached hydrogens (tertiary/aromatic N) is 1. The van der Waals surface area contributed by atoms with Gasteiger partial charge in [-0.1, -0.05) is 165 Å². The average molecular weight is 822 g/mol. The quantitative estimate of drug-likeness (QED) is 0.153. The number of anilines is 3. The standard InChI is InChI=1S/C61H43NO2/c1-40-11-7-20-56-55-36-29-48(39-59(55)64-60(40)56)44-27-34-52(35-28-44)62(50-30-23-42(24-31-50)41-12-3-2-4-13-41)51-32-25-43(26-33-51)45-14-8-15-46(37-45)47-16-9-17-49(38-47)53-19-10-21-57-54-18-5-6-22-58(54)63-61(53)57/h2-10,12-40H,11H2,1H3. The fourth-order valence-electron chi connectivity index (χ4n) is 9.56. The van der Waals surface area contributed by atoms with E-state index < -0.39 is 0 Å². The van der Waals surface area contributed by atoms with Crippen molar-refractivity contribution in [3.8, 4) is 55.6 Å². The Morgan fingerprint density at radius 3 is 1.58 bits per heavy atom. The van der Waals surface area contributed by atoms with Crippen molar-refractivity contribution in [2.45, 2.75) is 19.3 Å². The van der Waals surface area contributed by atoms with Gasteiger partial charge < -0.3 is 13.7 Å². The largest absolute Gasteiger partial charge is 0.460 e. The molecule has 0 radical (unpaired) electrons. The highest BCUT2D eigenvalue weighted by molar-refractivity contribution is 6.09. The second-order valence-electron chi connectivity index (χ2n) is 16.9. The molecule has 0 aliphatic heterocycles. The number of furan rings is 2. The molecule has 12 rings (SSSR count). The third-order valence-corrected chi connectivity index (χ3v) is 12.9. The number of rotatable bonds is 8. The van der Waals surface area contributed by atoms with E-state index in [-0.39, 0.29) is 0 Å². The van der Waals surface area contributed by atoms with Crippen LogP contribution in [0.1, 0.15) is 30.6 Å². The van der Waals surface area contributed by atoms with Crippen LogP contribution >= 0.6 is 0 Å². The number of benzene rings is 9. The zero-order chi connectivity index (χ0) is 42.6. The van der Waals surface area contributed by atoms with E-state index in [9.17, 15) is 0 Å². The lowest BCUT2D eigenvalue weighted by Gasteiger charge is -2.26. The van der Waals surface area contributed by atoms with Crippen LogP contribution in [0.5, 0.6) is 0 Å². The van der Waals surface area contributed by atoms with Crippen LogP contribution in [-0.4, -0.2) is 0 Å². The molecule has 2 aromatic heterocycles. The summed E-state index contributed by atoms with van der Waals surface area (Å²) in [5.41, 5.74) is 18.8. The molecule has 1 aliphatic carbocycles. The van der Waals surface area contributed by atoms with Crippen LogP contribution < -0.4 is 4.90 Å². The summed E-state index contributed by atoms with van der Waals surface area (Å²) in [6.07, 6.45) is 5.49. The van der Waals surface area contributed by atoms with Crippen LogP contribution in [0.15, 0.2) is 227 Å². The van der Waals surface area contributed by atoms with Gasteiger partial charge >= 0.3 is 0 Å². The topological polar surface area (TPSA) is 29.5 Å². The summed E-state index contributed by atoms with van der Waals surface area (Å²) >= 11 is 0. The minimum atomic E-state index is 0.391. The summed E-state index contributed by atoms with van der Waals surface area (Å²) in [5.74, 6) is 1.49. The SMILES string of the molecule is CC1CC=Cc2c1oc1cc(-c3ccc(N(c4ccc(-c5ccccc5)cc4)c4ccc(-c5cccc(-c6cccc(-c7cccc8c7oc7ccccc78)c6)c5)cc4)cc3)ccc21. The molecule has 0 N–H and O–H groups in total. The minimum Gasteiger partial charge on any atom is -0.460 e. The zero-order valence-electron chi connectivity index (χ0n) is 35.4. The van der Waals surface area contributed by atoms with Crippen molar-refractivity contribution in [1.29, 1.82) is 0 Å². The molecule has 11 aromatic rings. The lowest BCUT2D eigenvalue weighted by Crippen LogP contribution is -2.09. The van der Waals surface area contributed by atoms with Crippen molar-refractivity contribution in [2.75, 3.05) is 4.90 Å². The van der Waals surface area contributed by atoms with Crippen LogP contribution in [0.2, 0.25) is 0 Å². The molecule has 64 heavy (non-hydrogen) atoms. The molecule has 0 spiro atoms. The van der Waals surface area contributed by atoms with Gasteiger partial charge in [0.05, 0.1) is 0 Å². The van der Waals surface area contributed by atoms with E-state index in [1.807, 2.05) is 12.1 Å². The normalized spacial score (nSPS) is 13.4. The van der Waals surface area contributed by atoms with Crippen molar-refractivity contribution >= 4 is 56.0 Å². The molecular weight excluding hydrogens is 779 g/mol. The summed E-state index contributed by atoms with van der Waals surface area (Å²) < 4.78 is 12.8. The maximum Gasteiger partial charge on any atom is 0.143 e. The van der Waals surface area contributed by atoms with E-state index in [4.69, 9.17) is 8.83 Å². The van der Waals surface area contributed by atoms with Gasteiger partial charge in [0.15, 0.2) is 0 Å². The summed E-state index contributed by atoms with van der Waals surface area (Å²) in [5, 5.41) is 3.46. The average Bonchev–Trinajstić information content (AvgIpc) is 3.94. The lowest BCUT2D eigenvalue weighted by atomic mass is 9.93. The molecule has 0 fully saturated rings. The molecule has 9 aromatic carbocycles. The molecule has 0 amide bonds. The maximum absolute atomic E-state index is 6.43. The first-order valence-corrected chi connectivity index (χ1v) is 22.1. The molecule has 1 atom stereocenters. The van der Waals surface area contributed by atoms with Crippen LogP contribution in [0, 0.1) is 0 Å². The molecule has 1 unspecified atom stereocenters. The fourth-order valence-corrected chi connectivity index (χ4v) is 9.56. The van der Waals surface area contributed by atoms with Crippen molar-refractivity contribution in [1.82, 2.24) is 0 Å². The fraction of sp³-hybridized carbons (Fsp3) is 0.0492. The van der Waals surface area contributed by atoms with Crippen molar-refractivity contribution in [2.24, 2.45) is 0 Å². The molecule has 0 saturated heterocycles. The first-order valence-electron chi connectivity index (χ1n) is 22.1. The number of para-hydroxylation sites is 2. The summed E-state index contributed by atoms with van der Waals surface area (Å²) in [4.78, 5) is 2.34. The lowest BCUT2D eigenvalue weighted by molar-refractivity contribution is 0.504. The van der Waals surface area contributed by atoms with Gasteiger partial charge in [0, 0.05) is 50.3 Å². The number of fused-ring (bicyclic) bond motifs is 6. The predicted molar refractivity (Wildman–Crippen MR) is 267 cm³/mol. The number of hydrogen-bond donors (Lipinski definition) is 0. The summed E-state index contributed by atoms with van der Waals surface area (Å²) in [6.45, 7) is 2.24. The Labute approximate surface area is 372 Å². The van der Waals surface area contributed by atoms with E-state index >= 15 is 0 Å². The van der Waals surface area contributed by atoms with Gasteiger partial charge in [-0.25, -0.2) is 0 Å². The summed E-state index contributed by atoms with van der Waals surface area (Å²) in [6, 6.07) is 76.2. The second kappa shape index (κ2) is 15.6. The van der Waals surface area contributed by atoms with Crippen LogP contribution in [0.25, 0.3) is 94.6 Å². The van der Waals surface area contributed by atoms with Gasteiger partial charge in [-0.3, -0.25) is 0 Å². The first-order chi connectivity index (χ1) is 31.6. The number of allylic oxidation sites excluding steroid dienone is 1. The third kappa shape index (κ3) is 6.70. The Balaban J connectivity index is 0.865. The molecule has 1 aliphatic rings. The summed E-state index contributed by atoms with van der Waals surface area (Å²) in [7, 11) is 0. The predicted octanol–water partition coefficient (Wildman–Crippen LogP) is 17.7. The van der Waals surface area contributed by atoms with Gasteiger partial charge in [-0.05, 0) is 123 Å². The Kier molecular flexibility index (Phi) is 9.19. The van der Waals surface area contributed by atoms with Crippen LogP contribution in [-0.2, 0) is 0 Å². The smallest absolute Gasteiger partial charge is 0.143 e. The second-order valence-corrected chi connectivity index (χ2v) is 16.9. The van der Waals surface area contributed by atoms with Gasteiger partial charge in [-0.15, -0.1) is 0 Å². The molecular formula is C61H43NO2. The molecule has 0 bridgehead atoms. The molecule has 304 valence electrons. The number of hydrogen-bond acceptors (Lipinski definition) is 3. The zero-order valence-corrected chi connectivity index (χ0v) is 35.4. The highest BCUT2D eigenvalue weighted by atomic mass is 16.3. The highest BCUT2D eigenvalue weighted by Crippen LogP contribution is 2.42. The van der Waals surface area contributed by atoms with Crippen molar-refractivity contribution in [3.05, 3.63) is 230 Å². The Hall–Kier alpha value is -8.14. The van der Waals surface area contributed by atoms with E-state index in [0.717, 1.165) is 101 Å². The van der Waals surface area contributed by atoms with E-state index in [1.54, 1.807) is 0 Å². The molecule has 2 heterocycles. The monoisotopic (exact) mass is 821 g/mol. The molecule has 3 nitrogen and oxygen atoms in total. The molecule has 3 heteroatoms. The Morgan fingerprint density at radius 2 is 0.891 bits per heavy atom. The first kappa shape index (κ1) is 37.6. The molecule has 0 saturated carbocycles. The van der Waals surface area contributed by atoms with E-state index in [0.29, 0.717) is 5.92 Å². The van der Waals surface area contributed by atoms with Gasteiger partial charge in [0.1, 0.15) is 22.5 Å². The third-order valence-electron chi connectivity index (χ3n) is 12.9. The minimum absolute atomic E-state index is 0.391. The van der Waals surface area contributed by atoms with Crippen LogP contribution in [0.4, 0.5) is 17.1 Å². The Morgan fingerprint density at radius 1 is 0.391 bits per heavy atom. The van der Waals surface area contributed by atoms with E-state index in [2.05, 4.69) is 224 Å².